The average molecular weight is 458 g/mol. The molecule has 1 saturated heterocycles. The summed E-state index contributed by atoms with van der Waals surface area (Å²) in [6, 6.07) is 0. The number of likely N-dealkylation sites (tertiary alicyclic amines) is 1. The molecule has 4 aliphatic carbocycles. The Morgan fingerprint density at radius 1 is 0.970 bits per heavy atom. The Hall–Kier alpha value is -0.900. The lowest BCUT2D eigenvalue weighted by Gasteiger charge is -2.60. The number of piperidine rings is 1. The van der Waals surface area contributed by atoms with Gasteiger partial charge >= 0.3 is 5.97 Å². The summed E-state index contributed by atoms with van der Waals surface area (Å²) < 4.78 is 6.24. The number of hydrogen-bond acceptors (Lipinski definition) is 4. The van der Waals surface area contributed by atoms with E-state index in [-0.39, 0.29) is 17.5 Å². The van der Waals surface area contributed by atoms with Gasteiger partial charge in [-0.25, -0.2) is 0 Å². The van der Waals surface area contributed by atoms with Crippen LogP contribution in [0.4, 0.5) is 0 Å². The van der Waals surface area contributed by atoms with Crippen molar-refractivity contribution in [2.75, 3.05) is 19.6 Å². The zero-order valence-electron chi connectivity index (χ0n) is 21.6. The van der Waals surface area contributed by atoms with Gasteiger partial charge in [-0.1, -0.05) is 27.7 Å². The molecule has 5 rings (SSSR count). The maximum atomic E-state index is 12.9. The maximum Gasteiger partial charge on any atom is 0.307 e. The van der Waals surface area contributed by atoms with Crippen molar-refractivity contribution in [3.8, 4) is 0 Å². The van der Waals surface area contributed by atoms with Gasteiger partial charge < -0.3 is 9.64 Å². The minimum atomic E-state index is 0.0244. The molecule has 0 radical (unpaired) electrons. The van der Waals surface area contributed by atoms with Crippen LogP contribution in [0, 0.1) is 46.3 Å². The van der Waals surface area contributed by atoms with E-state index < -0.39 is 0 Å². The lowest BCUT2D eigenvalue weighted by atomic mass is 9.45. The molecule has 0 unspecified atom stereocenters. The van der Waals surface area contributed by atoms with E-state index in [1.165, 1.54) is 38.5 Å². The van der Waals surface area contributed by atoms with Crippen molar-refractivity contribution in [3.63, 3.8) is 0 Å². The molecular weight excluding hydrogens is 410 g/mol. The second kappa shape index (κ2) is 8.95. The van der Waals surface area contributed by atoms with E-state index in [2.05, 4.69) is 32.6 Å². The van der Waals surface area contributed by atoms with Crippen molar-refractivity contribution in [2.24, 2.45) is 46.3 Å². The minimum absolute atomic E-state index is 0.0244. The highest BCUT2D eigenvalue weighted by molar-refractivity contribution is 5.79. The van der Waals surface area contributed by atoms with Crippen molar-refractivity contribution < 1.29 is 14.3 Å². The second-order valence-electron chi connectivity index (χ2n) is 13.5. The van der Waals surface area contributed by atoms with E-state index >= 15 is 0 Å². The van der Waals surface area contributed by atoms with Crippen LogP contribution in [0.5, 0.6) is 0 Å². The van der Waals surface area contributed by atoms with Gasteiger partial charge in [0.05, 0.1) is 6.42 Å². The molecule has 186 valence electrons. The van der Waals surface area contributed by atoms with Crippen LogP contribution in [0.25, 0.3) is 0 Å². The number of Topliss-reactive ketones (excluding diaryl/α,β-unsaturated/α-hetero) is 1. The van der Waals surface area contributed by atoms with Crippen LogP contribution in [0.2, 0.25) is 0 Å². The molecular formula is C29H47NO3. The highest BCUT2D eigenvalue weighted by Gasteiger charge is 2.61. The predicted octanol–water partition coefficient (Wildman–Crippen LogP) is 5.88. The molecule has 1 aliphatic heterocycles. The molecule has 5 aliphatic rings. The molecule has 4 nitrogen and oxygen atoms in total. The first kappa shape index (κ1) is 23.8. The van der Waals surface area contributed by atoms with Gasteiger partial charge in [0.25, 0.3) is 0 Å². The third-order valence-corrected chi connectivity index (χ3v) is 11.2. The lowest BCUT2D eigenvalue weighted by molar-refractivity contribution is -0.164. The largest absolute Gasteiger partial charge is 0.462 e. The molecule has 0 aromatic carbocycles. The van der Waals surface area contributed by atoms with Crippen molar-refractivity contribution in [2.45, 2.75) is 104 Å². The number of carbonyl (C=O) groups excluding carboxylic acids is 2. The number of hydrogen-bond donors (Lipinski definition) is 0. The van der Waals surface area contributed by atoms with Crippen molar-refractivity contribution >= 4 is 11.8 Å². The molecule has 4 saturated carbocycles. The molecule has 0 N–H and O–H groups in total. The van der Waals surface area contributed by atoms with Gasteiger partial charge in [-0.15, -0.1) is 0 Å². The zero-order valence-corrected chi connectivity index (χ0v) is 21.6. The van der Waals surface area contributed by atoms with Crippen LogP contribution in [-0.2, 0) is 14.3 Å². The van der Waals surface area contributed by atoms with Crippen LogP contribution in [-0.4, -0.2) is 42.4 Å². The summed E-state index contributed by atoms with van der Waals surface area (Å²) in [5.74, 6) is 4.81. The quantitative estimate of drug-likeness (QED) is 0.495. The molecule has 0 bridgehead atoms. The van der Waals surface area contributed by atoms with E-state index in [1.807, 2.05) is 0 Å². The van der Waals surface area contributed by atoms with Gasteiger partial charge in [-0.05, 0) is 92.3 Å². The molecule has 0 amide bonds. The van der Waals surface area contributed by atoms with Crippen molar-refractivity contribution in [1.82, 2.24) is 4.90 Å². The van der Waals surface area contributed by atoms with Gasteiger partial charge in [0.1, 0.15) is 11.9 Å². The number of carbonyl (C=O) groups is 2. The number of ether oxygens (including phenoxy) is 1. The molecule has 33 heavy (non-hydrogen) atoms. The number of ketones is 1. The Kier molecular flexibility index (Phi) is 6.46. The summed E-state index contributed by atoms with van der Waals surface area (Å²) in [4.78, 5) is 27.5. The van der Waals surface area contributed by atoms with E-state index in [0.29, 0.717) is 29.5 Å². The van der Waals surface area contributed by atoms with Crippen LogP contribution in [0.1, 0.15) is 98.3 Å². The molecule has 1 heterocycles. The van der Waals surface area contributed by atoms with E-state index in [1.54, 1.807) is 0 Å². The summed E-state index contributed by atoms with van der Waals surface area (Å²) in [5.41, 5.74) is 0.508. The minimum Gasteiger partial charge on any atom is -0.462 e. The van der Waals surface area contributed by atoms with Crippen molar-refractivity contribution in [3.05, 3.63) is 0 Å². The average Bonchev–Trinajstić information content (AvgIpc) is 3.08. The van der Waals surface area contributed by atoms with Crippen LogP contribution in [0.15, 0.2) is 0 Å². The standard InChI is InChI=1S/C29H47NO3/c1-19-15-20(2)18-30(17-19)14-11-27(32)33-26-8-7-24-23-6-5-21-16-22(31)9-12-28(21,3)25(23)10-13-29(24,26)4/h19-21,23-26H,5-18H2,1-4H3/t19-,20-,21+,23-,24-,25-,26-,28+,29+/m1/s1. The fourth-order valence-electron chi connectivity index (χ4n) is 9.63. The highest BCUT2D eigenvalue weighted by Crippen LogP contribution is 2.66. The van der Waals surface area contributed by atoms with Gasteiger partial charge in [0.2, 0.25) is 0 Å². The monoisotopic (exact) mass is 457 g/mol. The molecule has 0 aromatic rings. The highest BCUT2D eigenvalue weighted by atomic mass is 16.5. The van der Waals surface area contributed by atoms with Crippen LogP contribution >= 0.6 is 0 Å². The normalized spacial score (nSPS) is 48.0. The third-order valence-electron chi connectivity index (χ3n) is 11.2. The summed E-state index contributed by atoms with van der Waals surface area (Å²) in [6.07, 6.45) is 11.9. The Balaban J connectivity index is 1.19. The first-order valence-corrected chi connectivity index (χ1v) is 14.1. The summed E-state index contributed by atoms with van der Waals surface area (Å²) in [5, 5.41) is 0. The predicted molar refractivity (Wildman–Crippen MR) is 131 cm³/mol. The fourth-order valence-corrected chi connectivity index (χ4v) is 9.63. The molecule has 4 heteroatoms. The van der Waals surface area contributed by atoms with Crippen LogP contribution < -0.4 is 0 Å². The van der Waals surface area contributed by atoms with E-state index in [9.17, 15) is 9.59 Å². The maximum absolute atomic E-state index is 12.9. The first-order chi connectivity index (χ1) is 15.7. The second-order valence-corrected chi connectivity index (χ2v) is 13.5. The van der Waals surface area contributed by atoms with E-state index in [0.717, 1.165) is 69.0 Å². The van der Waals surface area contributed by atoms with Gasteiger partial charge in [0, 0.05) is 37.9 Å². The smallest absolute Gasteiger partial charge is 0.307 e. The molecule has 0 spiro atoms. The van der Waals surface area contributed by atoms with E-state index in [4.69, 9.17) is 4.74 Å². The number of esters is 1. The summed E-state index contributed by atoms with van der Waals surface area (Å²) >= 11 is 0. The van der Waals surface area contributed by atoms with Gasteiger partial charge in [-0.2, -0.15) is 0 Å². The SMILES string of the molecule is C[C@@H]1C[C@@H](C)CN(CCC(=O)O[C@@H]2CC[C@@H]3[C@H]4CC[C@H]5CC(=O)CC[C@]5(C)[C@@H]4CC[C@@]32C)C1. The molecule has 9 atom stereocenters. The number of rotatable bonds is 4. The Morgan fingerprint density at radius 3 is 2.45 bits per heavy atom. The summed E-state index contributed by atoms with van der Waals surface area (Å²) in [6.45, 7) is 12.7. The van der Waals surface area contributed by atoms with Gasteiger partial charge in [-0.3, -0.25) is 9.59 Å². The molecule has 5 fully saturated rings. The lowest BCUT2D eigenvalue weighted by Crippen LogP contribution is -2.54. The zero-order chi connectivity index (χ0) is 23.4. The topological polar surface area (TPSA) is 46.6 Å². The van der Waals surface area contributed by atoms with Crippen LogP contribution in [0.3, 0.4) is 0 Å². The summed E-state index contributed by atoms with van der Waals surface area (Å²) in [7, 11) is 0. The van der Waals surface area contributed by atoms with Gasteiger partial charge in [0.15, 0.2) is 0 Å². The Morgan fingerprint density at radius 2 is 1.70 bits per heavy atom. The fraction of sp³-hybridized carbons (Fsp3) is 0.931. The number of fused-ring (bicyclic) bond motifs is 5. The Bertz CT molecular complexity index is 756. The van der Waals surface area contributed by atoms with Crippen molar-refractivity contribution in [1.29, 1.82) is 0 Å². The Labute approximate surface area is 201 Å². The number of nitrogens with zero attached hydrogens (tertiary/aromatic N) is 1. The third kappa shape index (κ3) is 4.32. The molecule has 0 aromatic heterocycles. The first-order valence-electron chi connectivity index (χ1n) is 14.1.